The predicted octanol–water partition coefficient (Wildman–Crippen LogP) is -4.00. The van der Waals surface area contributed by atoms with Gasteiger partial charge in [-0.1, -0.05) is 0 Å². The Morgan fingerprint density at radius 2 is 1.81 bits per heavy atom. The summed E-state index contributed by atoms with van der Waals surface area (Å²) in [6, 6.07) is 0.0481. The second-order valence-corrected chi connectivity index (χ2v) is 10.1. The molecule has 19 nitrogen and oxygen atoms in total. The highest BCUT2D eigenvalue weighted by Gasteiger charge is 2.45. The molecular weight excluding hydrogens is 538 g/mol. The molecule has 0 saturated carbocycles. The Morgan fingerprint density at radius 3 is 2.31 bits per heavy atom. The summed E-state index contributed by atoms with van der Waals surface area (Å²) in [7, 11) is -7.55. The molecule has 0 spiro atoms. The summed E-state index contributed by atoms with van der Waals surface area (Å²) in [6.45, 7) is -0.840. The van der Waals surface area contributed by atoms with Gasteiger partial charge in [-0.2, -0.15) is 0 Å². The molecule has 2 heterocycles. The topological polar surface area (TPSA) is 299 Å². The molecule has 1 aromatic heterocycles. The van der Waals surface area contributed by atoms with Crippen molar-refractivity contribution in [2.45, 2.75) is 37.0 Å². The quantitative estimate of drug-likeness (QED) is 0.105. The van der Waals surface area contributed by atoms with Gasteiger partial charge in [-0.05, 0) is 0 Å². The van der Waals surface area contributed by atoms with Crippen LogP contribution in [-0.2, 0) is 37.5 Å². The first kappa shape index (κ1) is 31.7. The molecule has 1 aliphatic heterocycles. The smallest absolute Gasteiger partial charge is 0.412 e. The Labute approximate surface area is 201 Å². The minimum absolute atomic E-state index is 0.150. The number of aromatic nitrogens is 2. The van der Waals surface area contributed by atoms with Gasteiger partial charge in [-0.25, -0.2) is 13.9 Å². The number of methoxy groups -OCH3 is 2. The fourth-order valence-corrected chi connectivity index (χ4v) is 4.49. The number of ether oxygens (including phenoxy) is 3. The van der Waals surface area contributed by atoms with Crippen molar-refractivity contribution in [2.24, 2.45) is 5.73 Å². The van der Waals surface area contributed by atoms with Crippen molar-refractivity contribution in [1.29, 1.82) is 0 Å². The van der Waals surface area contributed by atoms with E-state index in [1.807, 2.05) is 4.98 Å². The highest BCUT2D eigenvalue weighted by atomic mass is 31.3. The molecule has 0 radical (unpaired) electrons. The standard InChI is InChI=1S/C9H15N3O11P2.C6H11NO4/c13-5-1-2-12(9(16)10-5)8-7(15)6(14)4(23-8)3-22-25(20,21)11-24(17,18)19;1-10-5(8)3-4(7)6(9)11-2/h1-2,4,6-8,14-15H,3H2,(H,10,13,16)(H4,11,17,18,19,20,21);4H,3,7H2,1-2H3/t4-,6-,7-,8-;4-/m10/s1. The number of rotatable bonds is 9. The number of nitrogens with zero attached hydrogens (tertiary/aromatic N) is 1. The number of nitrogens with two attached hydrogens (primary N) is 1. The van der Waals surface area contributed by atoms with E-state index < -0.39 is 75.9 Å². The molecule has 21 heteroatoms. The number of carbonyl (C=O) groups excluding carboxylic acids is 2. The number of H-pyrrole nitrogens is 1. The normalized spacial score (nSPS) is 24.1. The van der Waals surface area contributed by atoms with Crippen LogP contribution in [0.25, 0.3) is 0 Å². The molecule has 2 rings (SSSR count). The van der Waals surface area contributed by atoms with Gasteiger partial charge in [0.05, 0.1) is 27.2 Å². The zero-order valence-corrected chi connectivity index (χ0v) is 20.5. The van der Waals surface area contributed by atoms with Gasteiger partial charge in [0.2, 0.25) is 0 Å². The highest BCUT2D eigenvalue weighted by molar-refractivity contribution is 7.66. The van der Waals surface area contributed by atoms with E-state index in [4.69, 9.17) is 20.3 Å². The number of aliphatic hydroxyl groups excluding tert-OH is 2. The third kappa shape index (κ3) is 10.00. The summed E-state index contributed by atoms with van der Waals surface area (Å²) >= 11 is 0. The second-order valence-electron chi connectivity index (χ2n) is 6.93. The molecule has 206 valence electrons. The number of aromatic amines is 1. The fraction of sp³-hybridized carbons (Fsp3) is 0.600. The zero-order chi connectivity index (χ0) is 27.8. The fourth-order valence-electron chi connectivity index (χ4n) is 2.59. The summed E-state index contributed by atoms with van der Waals surface area (Å²) < 4.78 is 41.0. The van der Waals surface area contributed by atoms with Crippen LogP contribution >= 0.6 is 15.5 Å². The summed E-state index contributed by atoms with van der Waals surface area (Å²) in [5.74, 6) is -1.14. The van der Waals surface area contributed by atoms with Gasteiger partial charge in [0.15, 0.2) is 6.23 Å². The largest absolute Gasteiger partial charge is 0.469 e. The third-order valence-corrected chi connectivity index (χ3v) is 6.80. The molecule has 1 fully saturated rings. The Bertz CT molecular complexity index is 1120. The lowest BCUT2D eigenvalue weighted by atomic mass is 10.1. The predicted molar refractivity (Wildman–Crippen MR) is 115 cm³/mol. The van der Waals surface area contributed by atoms with Crippen molar-refractivity contribution in [3.63, 3.8) is 0 Å². The van der Waals surface area contributed by atoms with Crippen LogP contribution in [0.3, 0.4) is 0 Å². The summed E-state index contributed by atoms with van der Waals surface area (Å²) in [5.41, 5.74) is 3.60. The molecule has 6 atom stereocenters. The summed E-state index contributed by atoms with van der Waals surface area (Å²) in [6.07, 6.45) is -5.27. The molecule has 1 aromatic rings. The molecule has 9 N–H and O–H groups in total. The van der Waals surface area contributed by atoms with Gasteiger partial charge in [-0.3, -0.25) is 28.5 Å². The molecule has 0 aromatic carbocycles. The van der Waals surface area contributed by atoms with Crippen LogP contribution in [0.2, 0.25) is 0 Å². The van der Waals surface area contributed by atoms with Crippen LogP contribution in [0, 0.1) is 0 Å². The van der Waals surface area contributed by atoms with E-state index in [2.05, 4.69) is 14.0 Å². The van der Waals surface area contributed by atoms with Crippen LogP contribution in [0.5, 0.6) is 0 Å². The van der Waals surface area contributed by atoms with Gasteiger partial charge in [-0.15, -0.1) is 4.86 Å². The van der Waals surface area contributed by atoms with Gasteiger partial charge in [0.25, 0.3) is 5.56 Å². The van der Waals surface area contributed by atoms with E-state index in [0.29, 0.717) is 0 Å². The molecule has 1 saturated heterocycles. The number of aliphatic hydroxyl groups is 2. The van der Waals surface area contributed by atoms with Gasteiger partial charge in [0, 0.05) is 12.3 Å². The number of hydrogen-bond acceptors (Lipinski definition) is 13. The maximum atomic E-state index is 11.7. The number of nitrogens with one attached hydrogen (secondary N) is 2. The van der Waals surface area contributed by atoms with Crippen LogP contribution in [0.1, 0.15) is 12.6 Å². The number of hydrogen-bond donors (Lipinski definition) is 8. The Hall–Kier alpha value is -2.28. The average molecular weight is 564 g/mol. The maximum Gasteiger partial charge on any atom is 0.412 e. The monoisotopic (exact) mass is 564 g/mol. The first-order valence-electron chi connectivity index (χ1n) is 9.57. The van der Waals surface area contributed by atoms with E-state index >= 15 is 0 Å². The zero-order valence-electron chi connectivity index (χ0n) is 18.7. The molecule has 1 aliphatic rings. The van der Waals surface area contributed by atoms with Gasteiger partial charge in [0.1, 0.15) is 24.4 Å². The van der Waals surface area contributed by atoms with Crippen LogP contribution in [-0.4, -0.2) is 91.6 Å². The van der Waals surface area contributed by atoms with Crippen molar-refractivity contribution < 1.29 is 62.3 Å². The molecule has 36 heavy (non-hydrogen) atoms. The third-order valence-electron chi connectivity index (χ3n) is 4.25. The van der Waals surface area contributed by atoms with E-state index in [-0.39, 0.29) is 6.42 Å². The van der Waals surface area contributed by atoms with Crippen LogP contribution < -0.4 is 21.8 Å². The Kier molecular flexibility index (Phi) is 11.7. The lowest BCUT2D eigenvalue weighted by molar-refractivity contribution is -0.148. The Balaban J connectivity index is 0.000000497. The van der Waals surface area contributed by atoms with E-state index in [1.165, 1.54) is 14.2 Å². The molecular formula is C15H26N4O15P2. The second kappa shape index (κ2) is 13.3. The van der Waals surface area contributed by atoms with Crippen molar-refractivity contribution in [3.8, 4) is 0 Å². The number of esters is 2. The first-order chi connectivity index (χ1) is 16.5. The van der Waals surface area contributed by atoms with Crippen LogP contribution in [0.15, 0.2) is 21.9 Å². The van der Waals surface area contributed by atoms with E-state index in [0.717, 1.165) is 21.7 Å². The SMILES string of the molecule is COC(=O)C[C@H](N)C(=O)OC.O=c1ccn([C@@H]2O[C@H](COP(=O)(O)NP(=O)(O)O)[C@@H](O)[C@H]2O)c(=O)[nH]1. The molecule has 0 aliphatic carbocycles. The van der Waals surface area contributed by atoms with Gasteiger partial charge < -0.3 is 44.8 Å². The number of carbonyl (C=O) groups is 2. The molecule has 1 unspecified atom stereocenters. The summed E-state index contributed by atoms with van der Waals surface area (Å²) in [5, 5.41) is 19.8. The highest BCUT2D eigenvalue weighted by Crippen LogP contribution is 2.48. The van der Waals surface area contributed by atoms with Gasteiger partial charge >= 0.3 is 33.1 Å². The minimum Gasteiger partial charge on any atom is -0.469 e. The van der Waals surface area contributed by atoms with Crippen molar-refractivity contribution >= 4 is 27.4 Å². The van der Waals surface area contributed by atoms with E-state index in [9.17, 15) is 43.4 Å². The van der Waals surface area contributed by atoms with Crippen molar-refractivity contribution in [1.82, 2.24) is 14.4 Å². The van der Waals surface area contributed by atoms with Crippen molar-refractivity contribution in [3.05, 3.63) is 33.1 Å². The minimum atomic E-state index is -5.07. The van der Waals surface area contributed by atoms with Crippen molar-refractivity contribution in [2.75, 3.05) is 20.8 Å². The average Bonchev–Trinajstić information content (AvgIpc) is 3.04. The van der Waals surface area contributed by atoms with Crippen LogP contribution in [0.4, 0.5) is 0 Å². The lowest BCUT2D eigenvalue weighted by Crippen LogP contribution is -2.37. The molecule has 0 bridgehead atoms. The lowest BCUT2D eigenvalue weighted by Gasteiger charge is -2.18. The molecule has 0 amide bonds. The first-order valence-corrected chi connectivity index (χ1v) is 12.8. The van der Waals surface area contributed by atoms with E-state index in [1.54, 1.807) is 0 Å². The summed E-state index contributed by atoms with van der Waals surface area (Å²) in [4.78, 5) is 73.2. The maximum absolute atomic E-state index is 11.7. The Morgan fingerprint density at radius 1 is 1.19 bits per heavy atom.